The molecule has 9 nitrogen and oxygen atoms in total. The molecule has 8 rings (SSSR count). The van der Waals surface area contributed by atoms with E-state index in [-0.39, 0.29) is 11.9 Å². The Morgan fingerprint density at radius 1 is 0.579 bits per heavy atom. The van der Waals surface area contributed by atoms with Crippen molar-refractivity contribution in [3.05, 3.63) is 167 Å². The minimum absolute atomic E-state index is 0.165. The minimum Gasteiger partial charge on any atom is -0.457 e. The summed E-state index contributed by atoms with van der Waals surface area (Å²) >= 11 is 0. The third kappa shape index (κ3) is 9.05. The van der Waals surface area contributed by atoms with Crippen molar-refractivity contribution < 1.29 is 23.8 Å². The van der Waals surface area contributed by atoms with Crippen LogP contribution >= 0.6 is 0 Å². The van der Waals surface area contributed by atoms with Crippen molar-refractivity contribution in [1.82, 2.24) is 0 Å². The van der Waals surface area contributed by atoms with Crippen LogP contribution in [0.4, 0.5) is 22.7 Å². The number of benzene rings is 6. The first-order chi connectivity index (χ1) is 27.9. The van der Waals surface area contributed by atoms with Crippen molar-refractivity contribution in [2.24, 2.45) is 0 Å². The maximum atomic E-state index is 12.3. The summed E-state index contributed by atoms with van der Waals surface area (Å²) in [5.74, 6) is 2.57. The number of para-hydroxylation sites is 2. The number of nitrogens with one attached hydrogen (secondary N) is 2. The number of rotatable bonds is 14. The van der Waals surface area contributed by atoms with Crippen LogP contribution in [0.25, 0.3) is 0 Å². The van der Waals surface area contributed by atoms with Crippen molar-refractivity contribution in [2.45, 2.75) is 45.2 Å². The molecule has 6 aromatic carbocycles. The Kier molecular flexibility index (Phi) is 11.1. The van der Waals surface area contributed by atoms with Gasteiger partial charge < -0.3 is 34.6 Å². The molecule has 9 heteroatoms. The molecule has 0 aromatic heterocycles. The van der Waals surface area contributed by atoms with Crippen molar-refractivity contribution in [2.75, 3.05) is 41.2 Å². The number of hydrogen-bond acceptors (Lipinski definition) is 9. The largest absolute Gasteiger partial charge is 0.457 e. The van der Waals surface area contributed by atoms with E-state index in [1.807, 2.05) is 92.0 Å². The van der Waals surface area contributed by atoms with Gasteiger partial charge in [0.05, 0.1) is 19.5 Å². The van der Waals surface area contributed by atoms with Crippen LogP contribution in [0.2, 0.25) is 0 Å². The molecule has 0 unspecified atom stereocenters. The molecule has 0 atom stereocenters. The maximum absolute atomic E-state index is 12.3. The average molecular weight is 759 g/mol. The van der Waals surface area contributed by atoms with Gasteiger partial charge in [0.15, 0.2) is 0 Å². The van der Waals surface area contributed by atoms with Crippen molar-refractivity contribution in [3.8, 4) is 23.0 Å². The molecule has 2 aliphatic heterocycles. The zero-order chi connectivity index (χ0) is 39.1. The zero-order valence-corrected chi connectivity index (χ0v) is 32.3. The molecule has 2 heterocycles. The van der Waals surface area contributed by atoms with E-state index in [0.29, 0.717) is 50.5 Å². The van der Waals surface area contributed by atoms with E-state index in [9.17, 15) is 9.59 Å². The Hall–Kier alpha value is -6.74. The van der Waals surface area contributed by atoms with Gasteiger partial charge in [0, 0.05) is 61.1 Å². The van der Waals surface area contributed by atoms with Gasteiger partial charge in [-0.15, -0.1) is 0 Å². The highest BCUT2D eigenvalue weighted by atomic mass is 16.5. The topological polar surface area (TPSA) is 92.4 Å². The maximum Gasteiger partial charge on any atom is 0.311 e. The summed E-state index contributed by atoms with van der Waals surface area (Å²) in [5, 5.41) is 6.71. The smallest absolute Gasteiger partial charge is 0.311 e. The van der Waals surface area contributed by atoms with Gasteiger partial charge in [0.1, 0.15) is 23.0 Å². The molecule has 288 valence electrons. The standard InChI is InChI=1S/C48H46N4O5/c1-49-39-15-23-43(24-16-39)55-44-25-17-40(18-26-44)50-32-52(31-38-8-4-6-36-14-28-46(54)57-48(36)38)42-21-11-34(12-22-42)29-33-9-19-41(20-10-33)51(2)30-37-7-3-5-35-13-27-45(53)56-47(35)37/h3-12,15-26,49-50H,13-14,27-32H2,1-2H3. The molecule has 2 N–H and O–H groups in total. The lowest BCUT2D eigenvalue weighted by atomic mass is 10.0. The molecule has 0 spiro atoms. The molecular formula is C48H46N4O5. The highest BCUT2D eigenvalue weighted by molar-refractivity contribution is 5.77. The number of hydrogen-bond donors (Lipinski definition) is 2. The Balaban J connectivity index is 0.943. The summed E-state index contributed by atoms with van der Waals surface area (Å²) in [6, 6.07) is 45.3. The summed E-state index contributed by atoms with van der Waals surface area (Å²) < 4.78 is 17.5. The quantitative estimate of drug-likeness (QED) is 0.0640. The van der Waals surface area contributed by atoms with Gasteiger partial charge in [-0.3, -0.25) is 9.59 Å². The summed E-state index contributed by atoms with van der Waals surface area (Å²) in [5.41, 5.74) is 10.7. The fourth-order valence-corrected chi connectivity index (χ4v) is 7.36. The first-order valence-corrected chi connectivity index (χ1v) is 19.4. The zero-order valence-electron chi connectivity index (χ0n) is 32.3. The van der Waals surface area contributed by atoms with Crippen LogP contribution in [0.15, 0.2) is 133 Å². The molecule has 0 radical (unpaired) electrons. The van der Waals surface area contributed by atoms with Gasteiger partial charge >= 0.3 is 11.9 Å². The fourth-order valence-electron chi connectivity index (χ4n) is 7.36. The third-order valence-electron chi connectivity index (χ3n) is 10.5. The molecule has 0 saturated heterocycles. The number of esters is 2. The van der Waals surface area contributed by atoms with Gasteiger partial charge in [0.25, 0.3) is 0 Å². The van der Waals surface area contributed by atoms with Gasteiger partial charge in [-0.1, -0.05) is 60.7 Å². The third-order valence-corrected chi connectivity index (χ3v) is 10.5. The molecule has 2 aliphatic rings. The van der Waals surface area contributed by atoms with Crippen molar-refractivity contribution in [3.63, 3.8) is 0 Å². The number of fused-ring (bicyclic) bond motifs is 2. The predicted molar refractivity (Wildman–Crippen MR) is 226 cm³/mol. The van der Waals surface area contributed by atoms with E-state index in [1.165, 1.54) is 11.1 Å². The van der Waals surface area contributed by atoms with Crippen LogP contribution in [-0.2, 0) is 41.9 Å². The monoisotopic (exact) mass is 758 g/mol. The summed E-state index contributed by atoms with van der Waals surface area (Å²) in [7, 11) is 3.95. The number of aryl methyl sites for hydroxylation is 2. The summed E-state index contributed by atoms with van der Waals surface area (Å²) in [6.07, 6.45) is 3.03. The van der Waals surface area contributed by atoms with Crippen LogP contribution in [-0.4, -0.2) is 32.7 Å². The SMILES string of the molecule is CNc1ccc(Oc2ccc(NCN(Cc3cccc4c3OC(=O)CC4)c3ccc(Cc4ccc(N(C)Cc5cccc6c5OC(=O)CC6)cc4)cc3)cc2)cc1. The summed E-state index contributed by atoms with van der Waals surface area (Å²) in [4.78, 5) is 28.7. The van der Waals surface area contributed by atoms with Gasteiger partial charge in [-0.25, -0.2) is 0 Å². The van der Waals surface area contributed by atoms with Crippen LogP contribution < -0.4 is 34.6 Å². The Morgan fingerprint density at radius 3 is 1.63 bits per heavy atom. The van der Waals surface area contributed by atoms with E-state index in [0.717, 1.165) is 69.3 Å². The lowest BCUT2D eigenvalue weighted by molar-refractivity contribution is -0.136. The van der Waals surface area contributed by atoms with Crippen LogP contribution in [0.1, 0.15) is 46.2 Å². The minimum atomic E-state index is -0.189. The molecule has 0 amide bonds. The van der Waals surface area contributed by atoms with Crippen molar-refractivity contribution >= 4 is 34.7 Å². The number of carbonyl (C=O) groups excluding carboxylic acids is 2. The first kappa shape index (κ1) is 37.2. The Labute approximate surface area is 333 Å². The number of ether oxygens (including phenoxy) is 3. The second-order valence-electron chi connectivity index (χ2n) is 14.6. The van der Waals surface area contributed by atoms with Crippen LogP contribution in [0.3, 0.4) is 0 Å². The highest BCUT2D eigenvalue weighted by Crippen LogP contribution is 2.33. The molecule has 0 aliphatic carbocycles. The lowest BCUT2D eigenvalue weighted by Crippen LogP contribution is -2.29. The number of nitrogens with zero attached hydrogens (tertiary/aromatic N) is 2. The highest BCUT2D eigenvalue weighted by Gasteiger charge is 2.23. The first-order valence-electron chi connectivity index (χ1n) is 19.4. The lowest BCUT2D eigenvalue weighted by Gasteiger charge is -2.28. The molecule has 57 heavy (non-hydrogen) atoms. The van der Waals surface area contributed by atoms with E-state index in [4.69, 9.17) is 14.2 Å². The molecule has 6 aromatic rings. The van der Waals surface area contributed by atoms with Crippen molar-refractivity contribution in [1.29, 1.82) is 0 Å². The molecule has 0 bridgehead atoms. The van der Waals surface area contributed by atoms with Gasteiger partial charge in [0.2, 0.25) is 0 Å². The number of carbonyl (C=O) groups is 2. The average Bonchev–Trinajstić information content (AvgIpc) is 3.24. The second-order valence-corrected chi connectivity index (χ2v) is 14.6. The Morgan fingerprint density at radius 2 is 1.09 bits per heavy atom. The normalized spacial score (nSPS) is 13.1. The summed E-state index contributed by atoms with van der Waals surface area (Å²) in [6.45, 7) is 1.71. The van der Waals surface area contributed by atoms with Crippen LogP contribution in [0, 0.1) is 0 Å². The van der Waals surface area contributed by atoms with Crippen LogP contribution in [0.5, 0.6) is 23.0 Å². The fraction of sp³-hybridized carbons (Fsp3) is 0.208. The van der Waals surface area contributed by atoms with Gasteiger partial charge in [-0.2, -0.15) is 0 Å². The molecule has 0 saturated carbocycles. The molecule has 0 fully saturated rings. The van der Waals surface area contributed by atoms with E-state index in [2.05, 4.69) is 76.0 Å². The second kappa shape index (κ2) is 17.0. The number of anilines is 4. The van der Waals surface area contributed by atoms with E-state index >= 15 is 0 Å². The predicted octanol–water partition coefficient (Wildman–Crippen LogP) is 9.53. The van der Waals surface area contributed by atoms with Gasteiger partial charge in [-0.05, 0) is 114 Å². The Bertz CT molecular complexity index is 2340. The van der Waals surface area contributed by atoms with E-state index in [1.54, 1.807) is 0 Å². The van der Waals surface area contributed by atoms with E-state index < -0.39 is 0 Å². The molecular weight excluding hydrogens is 713 g/mol.